The summed E-state index contributed by atoms with van der Waals surface area (Å²) in [5.74, 6) is 0.873. The number of aromatic amines is 1. The number of nitriles is 1. The fraction of sp³-hybridized carbons (Fsp3) is 0.118. The highest BCUT2D eigenvalue weighted by atomic mass is 32.2. The number of hydrogen-bond donors (Lipinski definition) is 2. The van der Waals surface area contributed by atoms with Gasteiger partial charge in [0.25, 0.3) is 0 Å². The summed E-state index contributed by atoms with van der Waals surface area (Å²) < 4.78 is 5.18. The third-order valence-corrected chi connectivity index (χ3v) is 4.78. The summed E-state index contributed by atoms with van der Waals surface area (Å²) in [7, 11) is 1.61. The largest absolute Gasteiger partial charge is 0.497 e. The van der Waals surface area contributed by atoms with Crippen LogP contribution in [0.2, 0.25) is 0 Å². The van der Waals surface area contributed by atoms with Crippen molar-refractivity contribution in [3.63, 3.8) is 0 Å². The average molecular weight is 370 g/mol. The van der Waals surface area contributed by atoms with Crippen molar-refractivity contribution in [2.24, 2.45) is 0 Å². The number of H-pyrrole nitrogens is 1. The summed E-state index contributed by atoms with van der Waals surface area (Å²) in [6.07, 6.45) is 0. The van der Waals surface area contributed by atoms with E-state index in [1.807, 2.05) is 23.6 Å². The van der Waals surface area contributed by atoms with Crippen molar-refractivity contribution in [3.05, 3.63) is 42.5 Å². The number of amides is 1. The van der Waals surface area contributed by atoms with E-state index in [0.29, 0.717) is 10.8 Å². The van der Waals surface area contributed by atoms with E-state index in [0.717, 1.165) is 33.4 Å². The molecule has 0 aliphatic carbocycles. The lowest BCUT2D eigenvalue weighted by atomic mass is 10.3. The van der Waals surface area contributed by atoms with Gasteiger partial charge in [-0.3, -0.25) is 4.79 Å². The molecular formula is C17H14N4O2S2. The SMILES string of the molecule is COc1ccc2nc(SCC(=O)Nc3ccc(SC#N)cc3)[nH]c2c1. The van der Waals surface area contributed by atoms with Crippen LogP contribution in [0.5, 0.6) is 5.75 Å². The van der Waals surface area contributed by atoms with Gasteiger partial charge in [-0.25, -0.2) is 4.98 Å². The third-order valence-electron chi connectivity index (χ3n) is 3.31. The lowest BCUT2D eigenvalue weighted by molar-refractivity contribution is -0.113. The predicted molar refractivity (Wildman–Crippen MR) is 99.9 cm³/mol. The van der Waals surface area contributed by atoms with Gasteiger partial charge in [0.15, 0.2) is 5.16 Å². The second-order valence-electron chi connectivity index (χ2n) is 4.98. The molecule has 0 aliphatic rings. The van der Waals surface area contributed by atoms with Gasteiger partial charge in [0.1, 0.15) is 11.2 Å². The van der Waals surface area contributed by atoms with Gasteiger partial charge in [0, 0.05) is 16.6 Å². The number of thiocyanates is 1. The van der Waals surface area contributed by atoms with Crippen LogP contribution in [-0.2, 0) is 4.79 Å². The zero-order chi connectivity index (χ0) is 17.6. The third kappa shape index (κ3) is 4.47. The van der Waals surface area contributed by atoms with Gasteiger partial charge in [0.2, 0.25) is 5.91 Å². The molecule has 1 aromatic heterocycles. The predicted octanol–water partition coefficient (Wildman–Crippen LogP) is 3.88. The molecule has 3 aromatic rings. The molecule has 0 aliphatic heterocycles. The Morgan fingerprint density at radius 3 is 2.84 bits per heavy atom. The molecule has 0 fully saturated rings. The number of rotatable bonds is 6. The molecule has 3 rings (SSSR count). The molecule has 1 heterocycles. The molecule has 25 heavy (non-hydrogen) atoms. The van der Waals surface area contributed by atoms with Gasteiger partial charge in [0.05, 0.1) is 23.9 Å². The number of fused-ring (bicyclic) bond motifs is 1. The van der Waals surface area contributed by atoms with Crippen LogP contribution in [0.1, 0.15) is 0 Å². The molecule has 0 unspecified atom stereocenters. The molecule has 2 N–H and O–H groups in total. The highest BCUT2D eigenvalue weighted by molar-refractivity contribution is 8.03. The topological polar surface area (TPSA) is 90.8 Å². The van der Waals surface area contributed by atoms with Crippen LogP contribution in [0.15, 0.2) is 52.5 Å². The molecule has 0 spiro atoms. The molecule has 0 atom stereocenters. The van der Waals surface area contributed by atoms with E-state index in [1.54, 1.807) is 31.4 Å². The maximum absolute atomic E-state index is 12.1. The number of ether oxygens (including phenoxy) is 1. The van der Waals surface area contributed by atoms with Crippen LogP contribution >= 0.6 is 23.5 Å². The van der Waals surface area contributed by atoms with Crippen LogP contribution in [0.25, 0.3) is 11.0 Å². The maximum Gasteiger partial charge on any atom is 0.234 e. The zero-order valence-electron chi connectivity index (χ0n) is 13.3. The van der Waals surface area contributed by atoms with Crippen molar-refractivity contribution in [1.82, 2.24) is 9.97 Å². The molecule has 6 nitrogen and oxygen atoms in total. The minimum atomic E-state index is -0.122. The van der Waals surface area contributed by atoms with E-state index in [2.05, 4.69) is 15.3 Å². The van der Waals surface area contributed by atoms with Gasteiger partial charge in [-0.2, -0.15) is 5.26 Å². The first-order valence-electron chi connectivity index (χ1n) is 7.30. The summed E-state index contributed by atoms with van der Waals surface area (Å²) in [6.45, 7) is 0. The fourth-order valence-electron chi connectivity index (χ4n) is 2.15. The Morgan fingerprint density at radius 1 is 1.32 bits per heavy atom. The number of benzene rings is 2. The quantitative estimate of drug-likeness (QED) is 0.505. The Labute approximate surface area is 153 Å². The molecule has 2 aromatic carbocycles. The Hall–Kier alpha value is -2.63. The van der Waals surface area contributed by atoms with Crippen LogP contribution in [0, 0.1) is 10.7 Å². The Morgan fingerprint density at radius 2 is 2.12 bits per heavy atom. The number of carbonyl (C=O) groups excluding carboxylic acids is 1. The number of imidazole rings is 1. The summed E-state index contributed by atoms with van der Waals surface area (Å²) in [4.78, 5) is 20.5. The minimum absolute atomic E-state index is 0.122. The number of anilines is 1. The van der Waals surface area contributed by atoms with Crippen LogP contribution in [-0.4, -0.2) is 28.7 Å². The first-order chi connectivity index (χ1) is 12.2. The molecule has 8 heteroatoms. The summed E-state index contributed by atoms with van der Waals surface area (Å²) >= 11 is 2.41. The van der Waals surface area contributed by atoms with Gasteiger partial charge in [-0.1, -0.05) is 11.8 Å². The van der Waals surface area contributed by atoms with E-state index >= 15 is 0 Å². The number of methoxy groups -OCH3 is 1. The van der Waals surface area contributed by atoms with Crippen molar-refractivity contribution < 1.29 is 9.53 Å². The number of aromatic nitrogens is 2. The van der Waals surface area contributed by atoms with Crippen molar-refractivity contribution >= 4 is 46.2 Å². The second-order valence-corrected chi connectivity index (χ2v) is 6.80. The number of nitrogens with zero attached hydrogens (tertiary/aromatic N) is 2. The minimum Gasteiger partial charge on any atom is -0.497 e. The monoisotopic (exact) mass is 370 g/mol. The number of hydrogen-bond acceptors (Lipinski definition) is 6. The fourth-order valence-corrected chi connectivity index (χ4v) is 3.21. The van der Waals surface area contributed by atoms with Crippen molar-refractivity contribution in [2.75, 3.05) is 18.2 Å². The second kappa shape index (κ2) is 7.96. The standard InChI is InChI=1S/C17H14N4O2S2/c1-23-12-4-7-14-15(8-12)21-17(20-14)24-9-16(22)19-11-2-5-13(6-3-11)25-10-18/h2-8H,9H2,1H3,(H,19,22)(H,20,21). The van der Waals surface area contributed by atoms with Crippen LogP contribution in [0.4, 0.5) is 5.69 Å². The van der Waals surface area contributed by atoms with E-state index in [9.17, 15) is 4.79 Å². The number of thioether (sulfide) groups is 2. The van der Waals surface area contributed by atoms with Gasteiger partial charge in [-0.05, 0) is 48.2 Å². The molecule has 0 saturated carbocycles. The normalized spacial score (nSPS) is 10.4. The molecule has 0 saturated heterocycles. The highest BCUT2D eigenvalue weighted by Crippen LogP contribution is 2.23. The van der Waals surface area contributed by atoms with E-state index in [1.165, 1.54) is 11.8 Å². The van der Waals surface area contributed by atoms with E-state index < -0.39 is 0 Å². The van der Waals surface area contributed by atoms with E-state index in [-0.39, 0.29) is 11.7 Å². The lowest BCUT2D eigenvalue weighted by Gasteiger charge is -2.04. The summed E-state index contributed by atoms with van der Waals surface area (Å²) in [5.41, 5.74) is 2.39. The first-order valence-corrected chi connectivity index (χ1v) is 9.10. The van der Waals surface area contributed by atoms with Crippen molar-refractivity contribution in [2.45, 2.75) is 10.1 Å². The Balaban J connectivity index is 1.57. The lowest BCUT2D eigenvalue weighted by Crippen LogP contribution is -2.13. The zero-order valence-corrected chi connectivity index (χ0v) is 14.9. The van der Waals surface area contributed by atoms with Gasteiger partial charge in [-0.15, -0.1) is 0 Å². The summed E-state index contributed by atoms with van der Waals surface area (Å²) in [5, 5.41) is 14.1. The molecule has 0 radical (unpaired) electrons. The average Bonchev–Trinajstić information content (AvgIpc) is 3.04. The van der Waals surface area contributed by atoms with Gasteiger partial charge < -0.3 is 15.0 Å². The van der Waals surface area contributed by atoms with Crippen molar-refractivity contribution in [3.8, 4) is 11.2 Å². The van der Waals surface area contributed by atoms with Crippen LogP contribution < -0.4 is 10.1 Å². The van der Waals surface area contributed by atoms with Crippen LogP contribution in [0.3, 0.4) is 0 Å². The Bertz CT molecular complexity index is 932. The first kappa shape index (κ1) is 17.2. The number of nitrogens with one attached hydrogen (secondary N) is 2. The van der Waals surface area contributed by atoms with Gasteiger partial charge >= 0.3 is 0 Å². The molecule has 0 bridgehead atoms. The molecule has 1 amide bonds. The molecule has 126 valence electrons. The Kier molecular flexibility index (Phi) is 5.48. The number of carbonyl (C=O) groups is 1. The highest BCUT2D eigenvalue weighted by Gasteiger charge is 2.08. The molecular weight excluding hydrogens is 356 g/mol. The van der Waals surface area contributed by atoms with Crippen molar-refractivity contribution in [1.29, 1.82) is 5.26 Å². The maximum atomic E-state index is 12.1. The van der Waals surface area contributed by atoms with E-state index in [4.69, 9.17) is 10.00 Å². The summed E-state index contributed by atoms with van der Waals surface area (Å²) in [6, 6.07) is 12.7. The smallest absolute Gasteiger partial charge is 0.234 e.